The first-order valence-corrected chi connectivity index (χ1v) is 9.40. The molecule has 1 unspecified atom stereocenters. The summed E-state index contributed by atoms with van der Waals surface area (Å²) in [6, 6.07) is 8.85. The molecule has 2 aromatic heterocycles. The van der Waals surface area contributed by atoms with Crippen LogP contribution in [0.25, 0.3) is 11.0 Å². The highest BCUT2D eigenvalue weighted by Gasteiger charge is 2.44. The molecule has 27 heavy (non-hydrogen) atoms. The summed E-state index contributed by atoms with van der Waals surface area (Å²) in [7, 11) is -3.83. The number of rotatable bonds is 5. The Morgan fingerprint density at radius 1 is 1.07 bits per heavy atom. The molecule has 1 atom stereocenters. The first-order chi connectivity index (χ1) is 12.6. The molecule has 0 saturated heterocycles. The summed E-state index contributed by atoms with van der Waals surface area (Å²) in [5.41, 5.74) is 0.282. The summed E-state index contributed by atoms with van der Waals surface area (Å²) >= 11 is 0. The number of hydrogen-bond donors (Lipinski definition) is 1. The average molecular weight is 398 g/mol. The van der Waals surface area contributed by atoms with Crippen LogP contribution in [0, 0.1) is 0 Å². The van der Waals surface area contributed by atoms with Crippen LogP contribution in [0.5, 0.6) is 5.88 Å². The average Bonchev–Trinajstić information content (AvgIpc) is 2.58. The lowest BCUT2D eigenvalue weighted by molar-refractivity contribution is -0.198. The van der Waals surface area contributed by atoms with Gasteiger partial charge in [-0.25, -0.2) is 18.4 Å². The van der Waals surface area contributed by atoms with E-state index in [0.29, 0.717) is 5.52 Å². The number of nitrogens with one attached hydrogen (secondary N) is 1. The summed E-state index contributed by atoms with van der Waals surface area (Å²) in [6.45, 7) is 0. The molecule has 0 aliphatic heterocycles. The number of alkyl halides is 3. The van der Waals surface area contributed by atoms with Gasteiger partial charge >= 0.3 is 6.18 Å². The summed E-state index contributed by atoms with van der Waals surface area (Å²) in [6.07, 6.45) is -4.02. The molecule has 142 valence electrons. The van der Waals surface area contributed by atoms with Crippen molar-refractivity contribution in [3.63, 3.8) is 0 Å². The Balaban J connectivity index is 2.11. The molecule has 0 aliphatic carbocycles. The van der Waals surface area contributed by atoms with E-state index in [2.05, 4.69) is 15.0 Å². The number of nitrogens with zero attached hydrogens (tertiary/aromatic N) is 3. The van der Waals surface area contributed by atoms with Gasteiger partial charge in [0.15, 0.2) is 0 Å². The molecule has 3 rings (SSSR count). The van der Waals surface area contributed by atoms with E-state index >= 15 is 0 Å². The highest BCUT2D eigenvalue weighted by atomic mass is 32.2. The second-order valence-corrected chi connectivity index (χ2v) is 7.31. The second-order valence-electron chi connectivity index (χ2n) is 5.57. The van der Waals surface area contributed by atoms with Crippen molar-refractivity contribution in [1.29, 1.82) is 0 Å². The highest BCUT2D eigenvalue weighted by molar-refractivity contribution is 7.92. The van der Waals surface area contributed by atoms with Crippen molar-refractivity contribution in [3.8, 4) is 5.88 Å². The first-order valence-electron chi connectivity index (χ1n) is 7.51. The van der Waals surface area contributed by atoms with Gasteiger partial charge in [0.25, 0.3) is 5.88 Å². The molecular formula is C16H13F3N4O3S. The Hall–Kier alpha value is -2.95. The zero-order valence-electron chi connectivity index (χ0n) is 13.8. The van der Waals surface area contributed by atoms with Crippen molar-refractivity contribution in [2.24, 2.45) is 0 Å². The molecule has 2 heterocycles. The third kappa shape index (κ3) is 4.61. The normalized spacial score (nSPS) is 13.3. The number of benzene rings is 1. The third-order valence-electron chi connectivity index (χ3n) is 3.33. The number of pyridine rings is 1. The lowest BCUT2D eigenvalue weighted by atomic mass is 10.1. The molecule has 0 spiro atoms. The third-order valence-corrected chi connectivity index (χ3v) is 3.90. The number of hydrogen-bond acceptors (Lipinski definition) is 6. The van der Waals surface area contributed by atoms with Crippen molar-refractivity contribution in [3.05, 3.63) is 54.4 Å². The smallest absolute Gasteiger partial charge is 0.429 e. The number of aromatic nitrogens is 3. The molecular weight excluding hydrogens is 385 g/mol. The van der Waals surface area contributed by atoms with E-state index in [-0.39, 0.29) is 11.1 Å². The van der Waals surface area contributed by atoms with E-state index in [1.54, 1.807) is 18.2 Å². The monoisotopic (exact) mass is 398 g/mol. The Kier molecular flexibility index (Phi) is 4.87. The molecule has 7 nitrogen and oxygen atoms in total. The number of anilines is 1. The molecule has 0 radical (unpaired) electrons. The van der Waals surface area contributed by atoms with Gasteiger partial charge in [-0.05, 0) is 18.2 Å². The second kappa shape index (κ2) is 6.99. The van der Waals surface area contributed by atoms with Crippen LogP contribution in [0.3, 0.4) is 0 Å². The van der Waals surface area contributed by atoms with Gasteiger partial charge in [-0.3, -0.25) is 9.71 Å². The van der Waals surface area contributed by atoms with E-state index < -0.39 is 34.0 Å². The zero-order valence-corrected chi connectivity index (χ0v) is 14.6. The Morgan fingerprint density at radius 3 is 2.30 bits per heavy atom. The van der Waals surface area contributed by atoms with Crippen LogP contribution in [-0.4, -0.2) is 35.8 Å². The fraction of sp³-hybridized carbons (Fsp3) is 0.188. The topological polar surface area (TPSA) is 94.1 Å². The van der Waals surface area contributed by atoms with Gasteiger partial charge in [0, 0.05) is 18.0 Å². The van der Waals surface area contributed by atoms with Crippen molar-refractivity contribution >= 4 is 26.9 Å². The Morgan fingerprint density at radius 2 is 1.74 bits per heavy atom. The van der Waals surface area contributed by atoms with Crippen molar-refractivity contribution in [1.82, 2.24) is 15.0 Å². The highest BCUT2D eigenvalue weighted by Crippen LogP contribution is 2.38. The molecule has 3 aromatic rings. The van der Waals surface area contributed by atoms with Crippen LogP contribution in [0.1, 0.15) is 11.7 Å². The standard InChI is InChI=1S/C16H13F3N4O3S/c1-27(24,25)23-14-15(22-12-7-3-2-6-11(12)21-14)26-13(16(17,18)19)10-5-4-8-20-9-10/h2-9,13H,1H3,(H,21,23). The lowest BCUT2D eigenvalue weighted by Crippen LogP contribution is -2.27. The molecule has 0 aliphatic rings. The molecule has 1 N–H and O–H groups in total. The van der Waals surface area contributed by atoms with Crippen LogP contribution in [-0.2, 0) is 10.0 Å². The molecule has 0 bridgehead atoms. The number of halogens is 3. The summed E-state index contributed by atoms with van der Waals surface area (Å²) in [5, 5.41) is 0. The van der Waals surface area contributed by atoms with E-state index in [4.69, 9.17) is 4.74 Å². The number of ether oxygens (including phenoxy) is 1. The SMILES string of the molecule is CS(=O)(=O)Nc1nc2ccccc2nc1OC(c1cccnc1)C(F)(F)F. The lowest BCUT2D eigenvalue weighted by Gasteiger charge is -2.22. The minimum atomic E-state index is -4.79. The molecule has 11 heteroatoms. The van der Waals surface area contributed by atoms with Crippen LogP contribution < -0.4 is 9.46 Å². The number of fused-ring (bicyclic) bond motifs is 1. The minimum Gasteiger partial charge on any atom is -0.457 e. The van der Waals surface area contributed by atoms with Crippen molar-refractivity contribution in [2.75, 3.05) is 11.0 Å². The molecule has 0 fully saturated rings. The predicted molar refractivity (Wildman–Crippen MR) is 91.7 cm³/mol. The van der Waals surface area contributed by atoms with Gasteiger partial charge in [0.05, 0.1) is 17.3 Å². The Bertz CT molecular complexity index is 1060. The van der Waals surface area contributed by atoms with E-state index in [1.807, 2.05) is 4.72 Å². The summed E-state index contributed by atoms with van der Waals surface area (Å²) in [4.78, 5) is 11.7. The van der Waals surface area contributed by atoms with Crippen molar-refractivity contribution in [2.45, 2.75) is 12.3 Å². The minimum absolute atomic E-state index is 0.249. The summed E-state index contributed by atoms with van der Waals surface area (Å²) < 4.78 is 70.9. The fourth-order valence-electron chi connectivity index (χ4n) is 2.27. The van der Waals surface area contributed by atoms with Gasteiger partial charge in [0.1, 0.15) is 0 Å². The quantitative estimate of drug-likeness (QED) is 0.710. The number of para-hydroxylation sites is 2. The molecule has 0 amide bonds. The van der Waals surface area contributed by atoms with Gasteiger partial charge in [-0.15, -0.1) is 0 Å². The van der Waals surface area contributed by atoms with Crippen molar-refractivity contribution < 1.29 is 26.3 Å². The maximum atomic E-state index is 13.5. The van der Waals surface area contributed by atoms with E-state index in [1.165, 1.54) is 24.4 Å². The zero-order chi connectivity index (χ0) is 19.7. The number of sulfonamides is 1. The van der Waals surface area contributed by atoms with Crippen LogP contribution in [0.4, 0.5) is 19.0 Å². The van der Waals surface area contributed by atoms with Gasteiger partial charge in [0.2, 0.25) is 21.9 Å². The van der Waals surface area contributed by atoms with Crippen LogP contribution in [0.2, 0.25) is 0 Å². The Labute approximate surface area is 152 Å². The van der Waals surface area contributed by atoms with E-state index in [9.17, 15) is 21.6 Å². The van der Waals surface area contributed by atoms with E-state index in [0.717, 1.165) is 12.5 Å². The van der Waals surface area contributed by atoms with Crippen LogP contribution in [0.15, 0.2) is 48.8 Å². The van der Waals surface area contributed by atoms with Crippen LogP contribution >= 0.6 is 0 Å². The van der Waals surface area contributed by atoms with Gasteiger partial charge in [-0.1, -0.05) is 18.2 Å². The fourth-order valence-corrected chi connectivity index (χ4v) is 2.76. The largest absolute Gasteiger partial charge is 0.457 e. The molecule has 1 aromatic carbocycles. The first kappa shape index (κ1) is 18.8. The van der Waals surface area contributed by atoms with Gasteiger partial charge < -0.3 is 4.74 Å². The molecule has 0 saturated carbocycles. The maximum Gasteiger partial charge on any atom is 0.429 e. The van der Waals surface area contributed by atoms with Gasteiger partial charge in [-0.2, -0.15) is 13.2 Å². The summed E-state index contributed by atoms with van der Waals surface area (Å²) in [5.74, 6) is -1.03. The maximum absolute atomic E-state index is 13.5. The predicted octanol–water partition coefficient (Wildman–Crippen LogP) is 3.08.